The van der Waals surface area contributed by atoms with Crippen LogP contribution in [0.1, 0.15) is 20.3 Å². The number of carboxylic acids is 1. The van der Waals surface area contributed by atoms with Crippen LogP contribution in [0.5, 0.6) is 0 Å². The van der Waals surface area contributed by atoms with E-state index in [-0.39, 0.29) is 6.54 Å². The Hall–Kier alpha value is -0.570. The van der Waals surface area contributed by atoms with Crippen molar-refractivity contribution in [1.82, 2.24) is 4.90 Å². The average Bonchev–Trinajstić information content (AvgIpc) is 2.34. The largest absolute Gasteiger partial charge is 0.480 e. The van der Waals surface area contributed by atoms with E-state index in [0.717, 1.165) is 19.5 Å². The van der Waals surface area contributed by atoms with Gasteiger partial charge in [-0.2, -0.15) is 0 Å². The summed E-state index contributed by atoms with van der Waals surface area (Å²) in [7, 11) is 0. The molecule has 0 amide bonds. The Morgan fingerprint density at radius 3 is 2.75 bits per heavy atom. The average molecular weight is 171 g/mol. The maximum Gasteiger partial charge on any atom is 0.317 e. The van der Waals surface area contributed by atoms with E-state index in [9.17, 15) is 4.79 Å². The molecule has 1 fully saturated rings. The van der Waals surface area contributed by atoms with Crippen molar-refractivity contribution < 1.29 is 9.90 Å². The highest BCUT2D eigenvalue weighted by molar-refractivity contribution is 5.69. The summed E-state index contributed by atoms with van der Waals surface area (Å²) in [5.74, 6) is 0.674. The summed E-state index contributed by atoms with van der Waals surface area (Å²) < 4.78 is 0. The van der Waals surface area contributed by atoms with Crippen LogP contribution in [0.2, 0.25) is 0 Å². The van der Waals surface area contributed by atoms with Gasteiger partial charge in [0.25, 0.3) is 0 Å². The van der Waals surface area contributed by atoms with Crippen molar-refractivity contribution in [2.24, 2.45) is 11.8 Å². The van der Waals surface area contributed by atoms with Crippen LogP contribution in [-0.2, 0) is 4.79 Å². The highest BCUT2D eigenvalue weighted by atomic mass is 16.4. The Morgan fingerprint density at radius 1 is 1.67 bits per heavy atom. The summed E-state index contributed by atoms with van der Waals surface area (Å²) in [6, 6.07) is 0. The molecule has 0 spiro atoms. The fourth-order valence-corrected chi connectivity index (χ4v) is 1.74. The second kappa shape index (κ2) is 3.90. The summed E-state index contributed by atoms with van der Waals surface area (Å²) in [5, 5.41) is 8.56. The van der Waals surface area contributed by atoms with Gasteiger partial charge in [-0.15, -0.1) is 0 Å². The Morgan fingerprint density at radius 2 is 2.33 bits per heavy atom. The maximum absolute atomic E-state index is 10.4. The summed E-state index contributed by atoms with van der Waals surface area (Å²) in [5.41, 5.74) is 0. The molecule has 1 aliphatic rings. The summed E-state index contributed by atoms with van der Waals surface area (Å²) in [6.45, 7) is 6.53. The third kappa shape index (κ3) is 2.48. The van der Waals surface area contributed by atoms with Crippen LogP contribution in [0.15, 0.2) is 0 Å². The Balaban J connectivity index is 2.30. The minimum Gasteiger partial charge on any atom is -0.480 e. The van der Waals surface area contributed by atoms with Gasteiger partial charge in [-0.05, 0) is 24.8 Å². The fraction of sp³-hybridized carbons (Fsp3) is 0.889. The monoisotopic (exact) mass is 171 g/mol. The van der Waals surface area contributed by atoms with Crippen molar-refractivity contribution in [2.45, 2.75) is 20.3 Å². The van der Waals surface area contributed by atoms with E-state index in [2.05, 4.69) is 13.8 Å². The van der Waals surface area contributed by atoms with Gasteiger partial charge < -0.3 is 5.11 Å². The minimum absolute atomic E-state index is 0.212. The quantitative estimate of drug-likeness (QED) is 0.690. The third-order valence-electron chi connectivity index (χ3n) is 2.61. The van der Waals surface area contributed by atoms with Gasteiger partial charge in [-0.25, -0.2) is 0 Å². The van der Waals surface area contributed by atoms with Gasteiger partial charge in [-0.3, -0.25) is 9.69 Å². The van der Waals surface area contributed by atoms with Crippen molar-refractivity contribution in [2.75, 3.05) is 19.6 Å². The van der Waals surface area contributed by atoms with Gasteiger partial charge in [-0.1, -0.05) is 13.8 Å². The number of aliphatic carboxylic acids is 1. The molecule has 0 radical (unpaired) electrons. The SMILES string of the molecule is CC(C)C1CCN(CC(=O)O)C1. The number of carboxylic acid groups (broad SMARTS) is 1. The lowest BCUT2D eigenvalue weighted by Gasteiger charge is -2.15. The second-order valence-corrected chi connectivity index (χ2v) is 3.92. The Kier molecular flexibility index (Phi) is 3.09. The molecule has 0 aromatic heterocycles. The number of rotatable bonds is 3. The van der Waals surface area contributed by atoms with Crippen molar-refractivity contribution >= 4 is 5.97 Å². The van der Waals surface area contributed by atoms with Crippen LogP contribution in [-0.4, -0.2) is 35.6 Å². The highest BCUT2D eigenvalue weighted by Gasteiger charge is 2.25. The molecule has 3 heteroatoms. The van der Waals surface area contributed by atoms with E-state index in [4.69, 9.17) is 5.11 Å². The van der Waals surface area contributed by atoms with Gasteiger partial charge in [0.1, 0.15) is 0 Å². The molecule has 1 aliphatic heterocycles. The first-order chi connectivity index (χ1) is 5.59. The first kappa shape index (κ1) is 9.52. The normalized spacial score (nSPS) is 25.1. The molecule has 0 aliphatic carbocycles. The van der Waals surface area contributed by atoms with Gasteiger partial charge >= 0.3 is 5.97 Å². The molecule has 12 heavy (non-hydrogen) atoms. The van der Waals surface area contributed by atoms with E-state index in [0.29, 0.717) is 11.8 Å². The number of carbonyl (C=O) groups is 1. The maximum atomic E-state index is 10.4. The smallest absolute Gasteiger partial charge is 0.317 e. The lowest BCUT2D eigenvalue weighted by Crippen LogP contribution is -2.28. The van der Waals surface area contributed by atoms with Crippen LogP contribution in [0, 0.1) is 11.8 Å². The highest BCUT2D eigenvalue weighted by Crippen LogP contribution is 2.22. The van der Waals surface area contributed by atoms with Crippen LogP contribution < -0.4 is 0 Å². The summed E-state index contributed by atoms with van der Waals surface area (Å²) in [4.78, 5) is 12.4. The molecular formula is C9H17NO2. The molecule has 1 heterocycles. The molecule has 1 N–H and O–H groups in total. The molecule has 3 nitrogen and oxygen atoms in total. The van der Waals surface area contributed by atoms with E-state index < -0.39 is 5.97 Å². The zero-order valence-corrected chi connectivity index (χ0v) is 7.79. The first-order valence-electron chi connectivity index (χ1n) is 4.53. The zero-order valence-electron chi connectivity index (χ0n) is 7.79. The van der Waals surface area contributed by atoms with Crippen molar-refractivity contribution in [1.29, 1.82) is 0 Å². The zero-order chi connectivity index (χ0) is 9.14. The molecule has 1 atom stereocenters. The van der Waals surface area contributed by atoms with Gasteiger partial charge in [0.05, 0.1) is 6.54 Å². The molecule has 1 unspecified atom stereocenters. The van der Waals surface area contributed by atoms with Crippen LogP contribution in [0.25, 0.3) is 0 Å². The van der Waals surface area contributed by atoms with Crippen molar-refractivity contribution in [3.8, 4) is 0 Å². The molecule has 70 valence electrons. The van der Waals surface area contributed by atoms with Gasteiger partial charge in [0.2, 0.25) is 0 Å². The Labute approximate surface area is 73.4 Å². The summed E-state index contributed by atoms with van der Waals surface area (Å²) >= 11 is 0. The minimum atomic E-state index is -0.709. The molecule has 0 aromatic carbocycles. The number of likely N-dealkylation sites (tertiary alicyclic amines) is 1. The molecule has 0 saturated carbocycles. The predicted octanol–water partition coefficient (Wildman–Crippen LogP) is 1.05. The van der Waals surface area contributed by atoms with Gasteiger partial charge in [0, 0.05) is 6.54 Å². The molecule has 1 rings (SSSR count). The van der Waals surface area contributed by atoms with Crippen LogP contribution in [0.4, 0.5) is 0 Å². The molecule has 1 saturated heterocycles. The van der Waals surface area contributed by atoms with E-state index in [1.807, 2.05) is 4.90 Å². The standard InChI is InChI=1S/C9H17NO2/c1-7(2)8-3-4-10(5-8)6-9(11)12/h7-8H,3-6H2,1-2H3,(H,11,12). The number of hydrogen-bond donors (Lipinski definition) is 1. The first-order valence-corrected chi connectivity index (χ1v) is 4.53. The number of hydrogen-bond acceptors (Lipinski definition) is 2. The van der Waals surface area contributed by atoms with Crippen LogP contribution >= 0.6 is 0 Å². The van der Waals surface area contributed by atoms with E-state index in [1.54, 1.807) is 0 Å². The van der Waals surface area contributed by atoms with E-state index >= 15 is 0 Å². The molecule has 0 bridgehead atoms. The number of nitrogens with zero attached hydrogens (tertiary/aromatic N) is 1. The van der Waals surface area contributed by atoms with E-state index in [1.165, 1.54) is 0 Å². The predicted molar refractivity (Wildman–Crippen MR) is 47.0 cm³/mol. The van der Waals surface area contributed by atoms with Gasteiger partial charge in [0.15, 0.2) is 0 Å². The van der Waals surface area contributed by atoms with Crippen LogP contribution in [0.3, 0.4) is 0 Å². The third-order valence-corrected chi connectivity index (χ3v) is 2.61. The fourth-order valence-electron chi connectivity index (χ4n) is 1.74. The van der Waals surface area contributed by atoms with Crippen molar-refractivity contribution in [3.63, 3.8) is 0 Å². The summed E-state index contributed by atoms with van der Waals surface area (Å²) in [6.07, 6.45) is 1.16. The Bertz CT molecular complexity index is 168. The molecule has 0 aromatic rings. The lowest BCUT2D eigenvalue weighted by molar-refractivity contribution is -0.138. The lowest BCUT2D eigenvalue weighted by atomic mass is 9.95. The topological polar surface area (TPSA) is 40.5 Å². The second-order valence-electron chi connectivity index (χ2n) is 3.92. The van der Waals surface area contributed by atoms with Crippen molar-refractivity contribution in [3.05, 3.63) is 0 Å². The molecular weight excluding hydrogens is 154 g/mol.